The molecule has 27 heavy (non-hydrogen) atoms. The Balaban J connectivity index is 2.20. The number of esters is 1. The van der Waals surface area contributed by atoms with Crippen molar-refractivity contribution in [1.82, 2.24) is 23.6 Å². The number of carbonyl (C=O) groups excluding carboxylic acids is 1. The van der Waals surface area contributed by atoms with Gasteiger partial charge in [0.2, 0.25) is 6.35 Å². The van der Waals surface area contributed by atoms with E-state index in [1.165, 1.54) is 24.9 Å². The summed E-state index contributed by atoms with van der Waals surface area (Å²) in [5, 5.41) is 0. The van der Waals surface area contributed by atoms with E-state index in [1.807, 2.05) is 18.7 Å². The summed E-state index contributed by atoms with van der Waals surface area (Å²) in [6.45, 7) is 7.32. The fourth-order valence-corrected chi connectivity index (χ4v) is 3.56. The molecule has 0 radical (unpaired) electrons. The van der Waals surface area contributed by atoms with Gasteiger partial charge in [0.25, 0.3) is 5.56 Å². The highest BCUT2D eigenvalue weighted by Gasteiger charge is 2.28. The zero-order valence-electron chi connectivity index (χ0n) is 16.3. The van der Waals surface area contributed by atoms with Crippen molar-refractivity contribution in [3.63, 3.8) is 0 Å². The first-order valence-corrected chi connectivity index (χ1v) is 9.39. The van der Waals surface area contributed by atoms with Crippen molar-refractivity contribution in [3.05, 3.63) is 27.2 Å². The second-order valence-corrected chi connectivity index (χ2v) is 7.51. The van der Waals surface area contributed by atoms with E-state index in [0.29, 0.717) is 12.2 Å². The minimum Gasteiger partial charge on any atom is -0.427 e. The molecule has 0 bridgehead atoms. The Morgan fingerprint density at radius 3 is 2.48 bits per heavy atom. The largest absolute Gasteiger partial charge is 0.427 e. The summed E-state index contributed by atoms with van der Waals surface area (Å²) >= 11 is 0. The number of rotatable bonds is 5. The highest BCUT2D eigenvalue weighted by molar-refractivity contribution is 5.71. The molecule has 148 valence electrons. The molecule has 0 amide bonds. The van der Waals surface area contributed by atoms with Crippen LogP contribution < -0.4 is 11.2 Å². The number of nitrogens with zero attached hydrogens (tertiary/aromatic N) is 5. The highest BCUT2D eigenvalue weighted by Crippen LogP contribution is 2.23. The van der Waals surface area contributed by atoms with Crippen LogP contribution in [-0.4, -0.2) is 42.6 Å². The van der Waals surface area contributed by atoms with Crippen molar-refractivity contribution < 1.29 is 9.53 Å². The lowest BCUT2D eigenvalue weighted by Crippen LogP contribution is -2.42. The number of aromatic nitrogens is 4. The van der Waals surface area contributed by atoms with Gasteiger partial charge in [-0.25, -0.2) is 9.78 Å². The van der Waals surface area contributed by atoms with Gasteiger partial charge in [-0.3, -0.25) is 28.2 Å². The Morgan fingerprint density at radius 2 is 1.89 bits per heavy atom. The molecule has 0 saturated carbocycles. The average molecular weight is 377 g/mol. The van der Waals surface area contributed by atoms with Crippen molar-refractivity contribution in [2.45, 2.75) is 52.9 Å². The molecule has 9 nitrogen and oxygen atoms in total. The standard InChI is InChI=1S/C18H27N5O4/c1-12(2)10-22-15-14(16(25)20(4)17(22)26)23(11-19-15)18(27-13(3)24)21-8-6-5-7-9-21/h11-12,18H,5-10H2,1-4H3. The number of likely N-dealkylation sites (tertiary alicyclic amines) is 1. The summed E-state index contributed by atoms with van der Waals surface area (Å²) in [5.41, 5.74) is -0.240. The molecular weight excluding hydrogens is 350 g/mol. The van der Waals surface area contributed by atoms with Gasteiger partial charge in [0.15, 0.2) is 11.2 Å². The third-order valence-electron chi connectivity index (χ3n) is 4.82. The predicted molar refractivity (Wildman–Crippen MR) is 100 cm³/mol. The second kappa shape index (κ2) is 7.67. The normalized spacial score (nSPS) is 16.8. The monoisotopic (exact) mass is 377 g/mol. The predicted octanol–water partition coefficient (Wildman–Crippen LogP) is 1.06. The lowest BCUT2D eigenvalue weighted by Gasteiger charge is -2.34. The zero-order chi connectivity index (χ0) is 19.7. The zero-order valence-corrected chi connectivity index (χ0v) is 16.3. The van der Waals surface area contributed by atoms with Crippen LogP contribution in [0.3, 0.4) is 0 Å². The fraction of sp³-hybridized carbons (Fsp3) is 0.667. The summed E-state index contributed by atoms with van der Waals surface area (Å²) in [4.78, 5) is 43.6. The Morgan fingerprint density at radius 1 is 1.22 bits per heavy atom. The number of ether oxygens (including phenoxy) is 1. The van der Waals surface area contributed by atoms with E-state index in [9.17, 15) is 14.4 Å². The Kier molecular flexibility index (Phi) is 5.50. The molecule has 1 aliphatic rings. The van der Waals surface area contributed by atoms with Crippen LogP contribution in [0.2, 0.25) is 0 Å². The minimum atomic E-state index is -0.745. The van der Waals surface area contributed by atoms with Gasteiger partial charge in [-0.15, -0.1) is 0 Å². The van der Waals surface area contributed by atoms with E-state index in [1.54, 1.807) is 4.57 Å². The molecule has 1 aliphatic heterocycles. The van der Waals surface area contributed by atoms with Crippen molar-refractivity contribution >= 4 is 17.1 Å². The Bertz CT molecular complexity index is 949. The molecule has 1 unspecified atom stereocenters. The maximum absolute atomic E-state index is 12.9. The van der Waals surface area contributed by atoms with E-state index in [0.717, 1.165) is 36.9 Å². The average Bonchev–Trinajstić information content (AvgIpc) is 3.06. The van der Waals surface area contributed by atoms with Gasteiger partial charge in [0.05, 0.1) is 0 Å². The smallest absolute Gasteiger partial charge is 0.332 e. The first-order chi connectivity index (χ1) is 12.8. The van der Waals surface area contributed by atoms with Crippen molar-refractivity contribution in [3.8, 4) is 0 Å². The second-order valence-electron chi connectivity index (χ2n) is 7.51. The first-order valence-electron chi connectivity index (χ1n) is 9.39. The molecule has 0 spiro atoms. The maximum atomic E-state index is 12.9. The summed E-state index contributed by atoms with van der Waals surface area (Å²) in [6.07, 6.45) is 3.88. The number of hydrogen-bond acceptors (Lipinski definition) is 6. The molecule has 2 aromatic rings. The van der Waals surface area contributed by atoms with E-state index in [-0.39, 0.29) is 11.4 Å². The van der Waals surface area contributed by atoms with Crippen molar-refractivity contribution in [2.24, 2.45) is 13.0 Å². The van der Waals surface area contributed by atoms with Crippen LogP contribution in [0.4, 0.5) is 0 Å². The lowest BCUT2D eigenvalue weighted by atomic mass is 10.1. The van der Waals surface area contributed by atoms with Crippen molar-refractivity contribution in [2.75, 3.05) is 13.1 Å². The van der Waals surface area contributed by atoms with Crippen LogP contribution in [0.5, 0.6) is 0 Å². The summed E-state index contributed by atoms with van der Waals surface area (Å²) in [7, 11) is 1.46. The molecule has 0 aliphatic carbocycles. The third-order valence-corrected chi connectivity index (χ3v) is 4.82. The molecule has 3 heterocycles. The molecule has 1 atom stereocenters. The van der Waals surface area contributed by atoms with Gasteiger partial charge in [-0.1, -0.05) is 20.3 Å². The Labute approximate surface area is 157 Å². The minimum absolute atomic E-state index is 0.208. The van der Waals surface area contributed by atoms with Crippen LogP contribution in [-0.2, 0) is 23.1 Å². The van der Waals surface area contributed by atoms with E-state index in [4.69, 9.17) is 4.74 Å². The van der Waals surface area contributed by atoms with Crippen LogP contribution in [0.25, 0.3) is 11.2 Å². The quantitative estimate of drug-likeness (QED) is 0.724. The van der Waals surface area contributed by atoms with Gasteiger partial charge in [-0.05, 0) is 18.8 Å². The number of imidazole rings is 1. The highest BCUT2D eigenvalue weighted by atomic mass is 16.6. The Hall–Kier alpha value is -2.42. The molecule has 1 fully saturated rings. The molecule has 9 heteroatoms. The number of carbonyl (C=O) groups is 1. The van der Waals surface area contributed by atoms with E-state index >= 15 is 0 Å². The lowest BCUT2D eigenvalue weighted by molar-refractivity contribution is -0.168. The van der Waals surface area contributed by atoms with Crippen molar-refractivity contribution in [1.29, 1.82) is 0 Å². The summed E-state index contributed by atoms with van der Waals surface area (Å²) in [5.74, 6) is -0.223. The molecule has 0 N–H and O–H groups in total. The third kappa shape index (κ3) is 3.69. The van der Waals surface area contributed by atoms with Crippen LogP contribution >= 0.6 is 0 Å². The number of piperidine rings is 1. The first kappa shape index (κ1) is 19.3. The summed E-state index contributed by atoms with van der Waals surface area (Å²) in [6, 6.07) is 0. The van der Waals surface area contributed by atoms with Crippen LogP contribution in [0.1, 0.15) is 46.4 Å². The fourth-order valence-electron chi connectivity index (χ4n) is 3.56. The van der Waals surface area contributed by atoms with Gasteiger partial charge >= 0.3 is 11.7 Å². The molecule has 1 saturated heterocycles. The summed E-state index contributed by atoms with van der Waals surface area (Å²) < 4.78 is 9.75. The van der Waals surface area contributed by atoms with E-state index in [2.05, 4.69) is 4.98 Å². The van der Waals surface area contributed by atoms with Gasteiger partial charge in [0.1, 0.15) is 6.33 Å². The van der Waals surface area contributed by atoms with Gasteiger partial charge in [0, 0.05) is 33.6 Å². The van der Waals surface area contributed by atoms with Crippen LogP contribution in [0.15, 0.2) is 15.9 Å². The molecular formula is C18H27N5O4. The van der Waals surface area contributed by atoms with E-state index < -0.39 is 23.6 Å². The number of hydrogen-bond donors (Lipinski definition) is 0. The molecule has 2 aromatic heterocycles. The topological polar surface area (TPSA) is 91.4 Å². The SMILES string of the molecule is CC(=O)OC(N1CCCCC1)n1cnc2c1c(=O)n(C)c(=O)n2CC(C)C. The van der Waals surface area contributed by atoms with Gasteiger partial charge in [-0.2, -0.15) is 0 Å². The molecule has 3 rings (SSSR count). The van der Waals surface area contributed by atoms with Gasteiger partial charge < -0.3 is 4.74 Å². The van der Waals surface area contributed by atoms with Crippen LogP contribution in [0, 0.1) is 5.92 Å². The maximum Gasteiger partial charge on any atom is 0.332 e. The molecule has 0 aromatic carbocycles. The number of fused-ring (bicyclic) bond motifs is 1.